The molecule has 1 aliphatic heterocycles. The Morgan fingerprint density at radius 2 is 1.65 bits per heavy atom. The summed E-state index contributed by atoms with van der Waals surface area (Å²) in [6, 6.07) is 10.1. The standard InChI is InChI=1S/C22H30N4O4S/c1-3-26(4-2)31(29,30)20-12-13-22(28)25(16-20)17-21(27)23-18-8-10-19(11-9-18)24-14-6-5-7-15-24/h8-13,16H,3-7,14-15,17H2,1-2H3,(H,23,27). The molecular weight excluding hydrogens is 416 g/mol. The molecule has 1 aliphatic rings. The van der Waals surface area contributed by atoms with Crippen LogP contribution in [0, 0.1) is 0 Å². The van der Waals surface area contributed by atoms with Crippen molar-refractivity contribution in [3.63, 3.8) is 0 Å². The van der Waals surface area contributed by atoms with Crippen molar-refractivity contribution in [3.05, 3.63) is 52.9 Å². The molecule has 1 aromatic carbocycles. The highest BCUT2D eigenvalue weighted by atomic mass is 32.2. The Balaban J connectivity index is 1.69. The zero-order valence-electron chi connectivity index (χ0n) is 18.1. The maximum atomic E-state index is 12.7. The van der Waals surface area contributed by atoms with E-state index in [0.717, 1.165) is 23.3 Å². The minimum Gasteiger partial charge on any atom is -0.372 e. The van der Waals surface area contributed by atoms with Crippen LogP contribution in [-0.4, -0.2) is 49.4 Å². The number of hydrogen-bond acceptors (Lipinski definition) is 5. The van der Waals surface area contributed by atoms with Crippen molar-refractivity contribution >= 4 is 27.3 Å². The predicted octanol–water partition coefficient (Wildman–Crippen LogP) is 2.51. The van der Waals surface area contributed by atoms with Crippen LogP contribution in [0.5, 0.6) is 0 Å². The van der Waals surface area contributed by atoms with Gasteiger partial charge in [0.05, 0.1) is 4.90 Å². The van der Waals surface area contributed by atoms with Gasteiger partial charge in [0, 0.05) is 49.8 Å². The number of carbonyl (C=O) groups excluding carboxylic acids is 1. The fourth-order valence-electron chi connectivity index (χ4n) is 3.76. The SMILES string of the molecule is CCN(CC)S(=O)(=O)c1ccc(=O)n(CC(=O)Nc2ccc(N3CCCCC3)cc2)c1. The van der Waals surface area contributed by atoms with Crippen molar-refractivity contribution < 1.29 is 13.2 Å². The summed E-state index contributed by atoms with van der Waals surface area (Å²) < 4.78 is 27.8. The van der Waals surface area contributed by atoms with Gasteiger partial charge in [-0.15, -0.1) is 0 Å². The summed E-state index contributed by atoms with van der Waals surface area (Å²) in [5, 5.41) is 2.77. The molecule has 1 amide bonds. The van der Waals surface area contributed by atoms with Gasteiger partial charge in [0.2, 0.25) is 15.9 Å². The van der Waals surface area contributed by atoms with Gasteiger partial charge in [0.1, 0.15) is 6.54 Å². The third kappa shape index (κ3) is 5.54. The van der Waals surface area contributed by atoms with Crippen molar-refractivity contribution in [2.75, 3.05) is 36.4 Å². The summed E-state index contributed by atoms with van der Waals surface area (Å²) in [4.78, 5) is 27.0. The maximum Gasteiger partial charge on any atom is 0.251 e. The quantitative estimate of drug-likeness (QED) is 0.673. The van der Waals surface area contributed by atoms with Gasteiger partial charge < -0.3 is 14.8 Å². The molecule has 2 aromatic rings. The van der Waals surface area contributed by atoms with Crippen LogP contribution in [0.25, 0.3) is 0 Å². The minimum atomic E-state index is -3.71. The van der Waals surface area contributed by atoms with Gasteiger partial charge in [-0.25, -0.2) is 8.42 Å². The predicted molar refractivity (Wildman–Crippen MR) is 122 cm³/mol. The number of hydrogen-bond donors (Lipinski definition) is 1. The number of aromatic nitrogens is 1. The number of nitrogens with zero attached hydrogens (tertiary/aromatic N) is 3. The Hall–Kier alpha value is -2.65. The van der Waals surface area contributed by atoms with Crippen LogP contribution in [0.2, 0.25) is 0 Å². The van der Waals surface area contributed by atoms with Gasteiger partial charge in [-0.05, 0) is 49.6 Å². The summed E-state index contributed by atoms with van der Waals surface area (Å²) in [7, 11) is -3.71. The molecule has 9 heteroatoms. The smallest absolute Gasteiger partial charge is 0.251 e. The number of amides is 1. The highest BCUT2D eigenvalue weighted by Gasteiger charge is 2.22. The normalized spacial score (nSPS) is 14.6. The maximum absolute atomic E-state index is 12.7. The first-order valence-electron chi connectivity index (χ1n) is 10.7. The fraction of sp³-hybridized carbons (Fsp3) is 0.455. The molecule has 0 spiro atoms. The van der Waals surface area contributed by atoms with Gasteiger partial charge in [-0.3, -0.25) is 9.59 Å². The molecule has 0 radical (unpaired) electrons. The van der Waals surface area contributed by atoms with Crippen LogP contribution >= 0.6 is 0 Å². The molecule has 168 valence electrons. The van der Waals surface area contributed by atoms with Crippen LogP contribution in [0.4, 0.5) is 11.4 Å². The lowest BCUT2D eigenvalue weighted by Gasteiger charge is -2.28. The third-order valence-electron chi connectivity index (χ3n) is 5.49. The Kier molecular flexibility index (Phi) is 7.50. The highest BCUT2D eigenvalue weighted by Crippen LogP contribution is 2.22. The molecule has 2 heterocycles. The van der Waals surface area contributed by atoms with E-state index in [1.54, 1.807) is 13.8 Å². The topological polar surface area (TPSA) is 91.7 Å². The molecule has 0 saturated carbocycles. The molecule has 31 heavy (non-hydrogen) atoms. The van der Waals surface area contributed by atoms with E-state index in [1.807, 2.05) is 24.3 Å². The second-order valence-electron chi connectivity index (χ2n) is 7.56. The Morgan fingerprint density at radius 1 is 1.00 bits per heavy atom. The summed E-state index contributed by atoms with van der Waals surface area (Å²) in [5.41, 5.74) is 1.32. The van der Waals surface area contributed by atoms with Gasteiger partial charge >= 0.3 is 0 Å². The average Bonchev–Trinajstić information content (AvgIpc) is 2.77. The number of benzene rings is 1. The zero-order valence-corrected chi connectivity index (χ0v) is 18.9. The molecule has 3 rings (SSSR count). The second kappa shape index (κ2) is 10.1. The number of pyridine rings is 1. The average molecular weight is 447 g/mol. The van der Waals surface area contributed by atoms with Crippen molar-refractivity contribution in [2.24, 2.45) is 0 Å². The second-order valence-corrected chi connectivity index (χ2v) is 9.50. The number of sulfonamides is 1. The van der Waals surface area contributed by atoms with E-state index in [1.165, 1.54) is 41.9 Å². The molecule has 1 saturated heterocycles. The van der Waals surface area contributed by atoms with Crippen LogP contribution in [0.3, 0.4) is 0 Å². The lowest BCUT2D eigenvalue weighted by Crippen LogP contribution is -2.33. The van der Waals surface area contributed by atoms with Crippen LogP contribution in [-0.2, 0) is 21.4 Å². The summed E-state index contributed by atoms with van der Waals surface area (Å²) in [5.74, 6) is -0.398. The molecule has 1 aromatic heterocycles. The van der Waals surface area contributed by atoms with Gasteiger partial charge in [0.25, 0.3) is 5.56 Å². The number of anilines is 2. The highest BCUT2D eigenvalue weighted by molar-refractivity contribution is 7.89. The monoisotopic (exact) mass is 446 g/mol. The van der Waals surface area contributed by atoms with Crippen molar-refractivity contribution in [1.29, 1.82) is 0 Å². The van der Waals surface area contributed by atoms with E-state index in [-0.39, 0.29) is 11.4 Å². The molecule has 8 nitrogen and oxygen atoms in total. The van der Waals surface area contributed by atoms with Crippen molar-refractivity contribution in [1.82, 2.24) is 8.87 Å². The minimum absolute atomic E-state index is 0.00511. The summed E-state index contributed by atoms with van der Waals surface area (Å²) in [6.45, 7) is 5.97. The number of carbonyl (C=O) groups is 1. The van der Waals surface area contributed by atoms with E-state index in [0.29, 0.717) is 18.8 Å². The Morgan fingerprint density at radius 3 is 2.26 bits per heavy atom. The largest absolute Gasteiger partial charge is 0.372 e. The lowest BCUT2D eigenvalue weighted by atomic mass is 10.1. The van der Waals surface area contributed by atoms with E-state index in [9.17, 15) is 18.0 Å². The van der Waals surface area contributed by atoms with E-state index < -0.39 is 21.5 Å². The third-order valence-corrected chi connectivity index (χ3v) is 7.52. The molecule has 1 fully saturated rings. The van der Waals surface area contributed by atoms with E-state index >= 15 is 0 Å². The number of piperidine rings is 1. The number of rotatable bonds is 8. The van der Waals surface area contributed by atoms with E-state index in [4.69, 9.17) is 0 Å². The van der Waals surface area contributed by atoms with Crippen molar-refractivity contribution in [2.45, 2.75) is 44.6 Å². The molecule has 1 N–H and O–H groups in total. The molecule has 0 aliphatic carbocycles. The number of nitrogens with one attached hydrogen (secondary N) is 1. The van der Waals surface area contributed by atoms with E-state index in [2.05, 4.69) is 10.2 Å². The van der Waals surface area contributed by atoms with Gasteiger partial charge in [0.15, 0.2) is 0 Å². The molecular formula is C22H30N4O4S. The van der Waals surface area contributed by atoms with Crippen LogP contribution in [0.1, 0.15) is 33.1 Å². The van der Waals surface area contributed by atoms with Gasteiger partial charge in [-0.2, -0.15) is 4.31 Å². The van der Waals surface area contributed by atoms with Gasteiger partial charge in [-0.1, -0.05) is 13.8 Å². The molecule has 0 atom stereocenters. The van der Waals surface area contributed by atoms with Crippen LogP contribution in [0.15, 0.2) is 52.3 Å². The lowest BCUT2D eigenvalue weighted by molar-refractivity contribution is -0.116. The van der Waals surface area contributed by atoms with Crippen LogP contribution < -0.4 is 15.8 Å². The Labute approximate surface area is 183 Å². The first kappa shape index (κ1) is 23.0. The first-order valence-corrected chi connectivity index (χ1v) is 12.1. The summed E-state index contributed by atoms with van der Waals surface area (Å²) in [6.07, 6.45) is 4.88. The molecule has 0 unspecified atom stereocenters. The first-order chi connectivity index (χ1) is 14.8. The fourth-order valence-corrected chi connectivity index (χ4v) is 5.24. The Bertz CT molecular complexity index is 1050. The zero-order chi connectivity index (χ0) is 22.4. The molecule has 0 bridgehead atoms. The summed E-state index contributed by atoms with van der Waals surface area (Å²) >= 11 is 0. The van der Waals surface area contributed by atoms with Crippen molar-refractivity contribution in [3.8, 4) is 0 Å².